The van der Waals surface area contributed by atoms with Crippen molar-refractivity contribution in [2.75, 3.05) is 5.32 Å². The van der Waals surface area contributed by atoms with Gasteiger partial charge < -0.3 is 5.32 Å². The maximum Gasteiger partial charge on any atom is 0.416 e. The van der Waals surface area contributed by atoms with Crippen LogP contribution in [0.4, 0.5) is 18.9 Å². The molecule has 10 heteroatoms. The lowest BCUT2D eigenvalue weighted by molar-refractivity contribution is -0.137. The van der Waals surface area contributed by atoms with E-state index < -0.39 is 17.6 Å². The van der Waals surface area contributed by atoms with Crippen LogP contribution in [0.15, 0.2) is 65.7 Å². The lowest BCUT2D eigenvalue weighted by Gasteiger charge is -2.15. The fraction of sp³-hybridized carbons (Fsp3) is 0.182. The van der Waals surface area contributed by atoms with Crippen LogP contribution in [0.5, 0.6) is 0 Å². The second-order valence-electron chi connectivity index (χ2n) is 7.06. The highest BCUT2D eigenvalue weighted by Gasteiger charge is 2.31. The van der Waals surface area contributed by atoms with E-state index in [0.717, 1.165) is 12.1 Å². The van der Waals surface area contributed by atoms with E-state index in [2.05, 4.69) is 15.5 Å². The lowest BCUT2D eigenvalue weighted by Crippen LogP contribution is -2.28. The third kappa shape index (κ3) is 3.98. The number of hydrogen-bond acceptors (Lipinski definition) is 4. The summed E-state index contributed by atoms with van der Waals surface area (Å²) in [5, 5.41) is 11.4. The molecule has 0 unspecified atom stereocenters. The number of amides is 1. The van der Waals surface area contributed by atoms with Gasteiger partial charge >= 0.3 is 6.18 Å². The van der Waals surface area contributed by atoms with E-state index in [4.69, 9.17) is 0 Å². The molecule has 0 aliphatic carbocycles. The molecule has 2 heterocycles. The molecule has 164 valence electrons. The molecule has 0 saturated heterocycles. The number of carbonyl (C=O) groups is 1. The molecule has 0 aliphatic rings. The first-order valence-electron chi connectivity index (χ1n) is 9.82. The minimum Gasteiger partial charge on any atom is -0.319 e. The normalized spacial score (nSPS) is 11.6. The van der Waals surface area contributed by atoms with Gasteiger partial charge in [0.05, 0.1) is 22.3 Å². The monoisotopic (exact) mass is 441 g/mol. The predicted molar refractivity (Wildman–Crippen MR) is 113 cm³/mol. The first-order chi connectivity index (χ1) is 15.3. The molecule has 1 N–H and O–H groups in total. The van der Waals surface area contributed by atoms with Crippen molar-refractivity contribution >= 4 is 22.4 Å². The first-order valence-corrected chi connectivity index (χ1v) is 9.82. The van der Waals surface area contributed by atoms with Crippen LogP contribution in [0.2, 0.25) is 0 Å². The number of carbonyl (C=O) groups excluding carboxylic acids is 1. The lowest BCUT2D eigenvalue weighted by atomic mass is 10.1. The number of fused-ring (bicyclic) bond motifs is 1. The molecule has 7 nitrogen and oxygen atoms in total. The zero-order valence-electron chi connectivity index (χ0n) is 16.9. The Labute approximate surface area is 180 Å². The van der Waals surface area contributed by atoms with Gasteiger partial charge in [-0.1, -0.05) is 25.1 Å². The van der Waals surface area contributed by atoms with Gasteiger partial charge in [-0.25, -0.2) is 9.36 Å². The second-order valence-corrected chi connectivity index (χ2v) is 7.06. The summed E-state index contributed by atoms with van der Waals surface area (Å²) in [6.45, 7) is 2.16. The Bertz CT molecular complexity index is 1340. The van der Waals surface area contributed by atoms with Crippen LogP contribution >= 0.6 is 0 Å². The molecular formula is C22H18F3N5O2. The third-order valence-electron chi connectivity index (χ3n) is 4.84. The van der Waals surface area contributed by atoms with Crippen LogP contribution in [0, 0.1) is 0 Å². The molecule has 1 amide bonds. The van der Waals surface area contributed by atoms with Gasteiger partial charge in [0, 0.05) is 24.3 Å². The Morgan fingerprint density at radius 2 is 1.84 bits per heavy atom. The molecule has 32 heavy (non-hydrogen) atoms. The van der Waals surface area contributed by atoms with Gasteiger partial charge in [-0.15, -0.1) is 0 Å². The Morgan fingerprint density at radius 1 is 1.09 bits per heavy atom. The number of anilines is 1. The number of benzene rings is 2. The quantitative estimate of drug-likeness (QED) is 0.502. The van der Waals surface area contributed by atoms with Crippen LogP contribution in [0.1, 0.15) is 29.4 Å². The van der Waals surface area contributed by atoms with Crippen molar-refractivity contribution in [3.8, 4) is 5.69 Å². The number of halogens is 3. The minimum absolute atomic E-state index is 0.0579. The average Bonchev–Trinajstić information content (AvgIpc) is 3.30. The largest absolute Gasteiger partial charge is 0.416 e. The zero-order chi connectivity index (χ0) is 22.9. The summed E-state index contributed by atoms with van der Waals surface area (Å²) in [6.07, 6.45) is -0.961. The van der Waals surface area contributed by atoms with E-state index in [1.54, 1.807) is 36.5 Å². The SMILES string of the molecule is CCCn1nc(C(=O)Nc2cc(C(F)(F)F)ccc2-n2cccn2)c2ccccc2c1=O. The fourth-order valence-electron chi connectivity index (χ4n) is 3.37. The van der Waals surface area contributed by atoms with Crippen molar-refractivity contribution in [3.05, 3.63) is 82.5 Å². The number of rotatable bonds is 5. The molecule has 0 bridgehead atoms. The topological polar surface area (TPSA) is 81.8 Å². The van der Waals surface area contributed by atoms with Gasteiger partial charge in [-0.3, -0.25) is 9.59 Å². The highest BCUT2D eigenvalue weighted by atomic mass is 19.4. The summed E-state index contributed by atoms with van der Waals surface area (Å²) in [7, 11) is 0. The molecule has 0 fully saturated rings. The molecular weight excluding hydrogens is 423 g/mol. The van der Waals surface area contributed by atoms with E-state index in [0.29, 0.717) is 23.7 Å². The zero-order valence-corrected chi connectivity index (χ0v) is 16.9. The van der Waals surface area contributed by atoms with Crippen LogP contribution in [-0.4, -0.2) is 25.5 Å². The number of nitrogens with one attached hydrogen (secondary N) is 1. The Morgan fingerprint density at radius 3 is 2.50 bits per heavy atom. The van der Waals surface area contributed by atoms with Gasteiger partial charge in [0.1, 0.15) is 0 Å². The standard InChI is InChI=1S/C22H18F3N5O2/c1-2-11-30-21(32)16-7-4-3-6-15(16)19(28-30)20(31)27-17-13-14(22(23,24)25)8-9-18(17)29-12-5-10-26-29/h3-10,12-13H,2,11H2,1H3,(H,27,31). The second kappa shape index (κ2) is 8.29. The molecule has 4 aromatic rings. The average molecular weight is 441 g/mol. The molecule has 0 aliphatic heterocycles. The number of aryl methyl sites for hydroxylation is 1. The molecule has 2 aromatic heterocycles. The van der Waals surface area contributed by atoms with Gasteiger partial charge in [-0.05, 0) is 36.8 Å². The summed E-state index contributed by atoms with van der Waals surface area (Å²) in [4.78, 5) is 25.8. The molecule has 0 saturated carbocycles. The molecule has 2 aromatic carbocycles. The van der Waals surface area contributed by atoms with Crippen LogP contribution in [0.25, 0.3) is 16.5 Å². The highest BCUT2D eigenvalue weighted by Crippen LogP contribution is 2.33. The van der Waals surface area contributed by atoms with E-state index in [9.17, 15) is 22.8 Å². The van der Waals surface area contributed by atoms with Crippen LogP contribution in [0.3, 0.4) is 0 Å². The molecule has 4 rings (SSSR count). The van der Waals surface area contributed by atoms with Gasteiger partial charge in [0.25, 0.3) is 11.5 Å². The maximum atomic E-state index is 13.3. The predicted octanol–water partition coefficient (Wildman–Crippen LogP) is 4.26. The van der Waals surface area contributed by atoms with Crippen molar-refractivity contribution in [1.29, 1.82) is 0 Å². The number of alkyl halides is 3. The van der Waals surface area contributed by atoms with Gasteiger partial charge in [0.15, 0.2) is 5.69 Å². The van der Waals surface area contributed by atoms with Crippen molar-refractivity contribution in [3.63, 3.8) is 0 Å². The van der Waals surface area contributed by atoms with Crippen LogP contribution in [-0.2, 0) is 12.7 Å². The van der Waals surface area contributed by atoms with Crippen molar-refractivity contribution in [2.24, 2.45) is 0 Å². The van der Waals surface area contributed by atoms with Crippen LogP contribution < -0.4 is 10.9 Å². The summed E-state index contributed by atoms with van der Waals surface area (Å²) in [6, 6.07) is 11.1. The summed E-state index contributed by atoms with van der Waals surface area (Å²) < 4.78 is 42.5. The number of nitrogens with zero attached hydrogens (tertiary/aromatic N) is 4. The molecule has 0 spiro atoms. The van der Waals surface area contributed by atoms with Gasteiger partial charge in [-0.2, -0.15) is 23.4 Å². The van der Waals surface area contributed by atoms with E-state index in [-0.39, 0.29) is 22.6 Å². The van der Waals surface area contributed by atoms with E-state index >= 15 is 0 Å². The molecule has 0 radical (unpaired) electrons. The summed E-state index contributed by atoms with van der Waals surface area (Å²) in [5.74, 6) is -0.737. The maximum absolute atomic E-state index is 13.3. The Kier molecular flexibility index (Phi) is 5.52. The fourth-order valence-corrected chi connectivity index (χ4v) is 3.37. The minimum atomic E-state index is -4.60. The highest BCUT2D eigenvalue weighted by molar-refractivity contribution is 6.11. The Hall–Kier alpha value is -3.95. The van der Waals surface area contributed by atoms with Crippen molar-refractivity contribution in [1.82, 2.24) is 19.6 Å². The Balaban J connectivity index is 1.83. The van der Waals surface area contributed by atoms with Gasteiger partial charge in [0.2, 0.25) is 0 Å². The van der Waals surface area contributed by atoms with Crippen molar-refractivity contribution < 1.29 is 18.0 Å². The number of hydrogen-bond donors (Lipinski definition) is 1. The molecule has 0 atom stereocenters. The third-order valence-corrected chi connectivity index (χ3v) is 4.84. The van der Waals surface area contributed by atoms with E-state index in [1.165, 1.54) is 21.6 Å². The van der Waals surface area contributed by atoms with Crippen molar-refractivity contribution in [2.45, 2.75) is 26.1 Å². The van der Waals surface area contributed by atoms with E-state index in [1.807, 2.05) is 6.92 Å². The summed E-state index contributed by atoms with van der Waals surface area (Å²) in [5.41, 5.74) is -1.15. The first kappa shape index (κ1) is 21.3. The summed E-state index contributed by atoms with van der Waals surface area (Å²) >= 11 is 0. The smallest absolute Gasteiger partial charge is 0.319 e. The number of aromatic nitrogens is 4.